The molecule has 0 aliphatic heterocycles. The summed E-state index contributed by atoms with van der Waals surface area (Å²) in [5.74, 6) is -0.0709. The maximum Gasteiger partial charge on any atom is 0.252 e. The molecule has 0 fully saturated rings. The van der Waals surface area contributed by atoms with Crippen LogP contribution in [0.15, 0.2) is 33.5 Å². The van der Waals surface area contributed by atoms with Crippen LogP contribution in [0.4, 0.5) is 0 Å². The van der Waals surface area contributed by atoms with Crippen molar-refractivity contribution in [1.82, 2.24) is 10.3 Å². The number of para-hydroxylation sites is 1. The predicted octanol–water partition coefficient (Wildman–Crippen LogP) is 2.04. The molecule has 1 unspecified atom stereocenters. The smallest absolute Gasteiger partial charge is 0.252 e. The number of fused-ring (bicyclic) bond motifs is 1. The van der Waals surface area contributed by atoms with E-state index in [1.165, 1.54) is 6.07 Å². The number of amides is 1. The third kappa shape index (κ3) is 4.06. The van der Waals surface area contributed by atoms with Crippen molar-refractivity contribution < 1.29 is 4.79 Å². The molecule has 4 N–H and O–H groups in total. The van der Waals surface area contributed by atoms with Crippen LogP contribution in [0.5, 0.6) is 0 Å². The van der Waals surface area contributed by atoms with E-state index in [1.54, 1.807) is 6.07 Å². The number of carbonyl (C=O) groups is 1. The molecule has 0 saturated heterocycles. The number of nitrogens with one attached hydrogen (secondary N) is 2. The Bertz CT molecular complexity index is 702. The molecule has 7 heteroatoms. The molecule has 0 saturated carbocycles. The van der Waals surface area contributed by atoms with Crippen molar-refractivity contribution >= 4 is 45.1 Å². The summed E-state index contributed by atoms with van der Waals surface area (Å²) in [4.78, 5) is 26.6. The third-order valence-electron chi connectivity index (χ3n) is 3.09. The van der Waals surface area contributed by atoms with Gasteiger partial charge in [-0.25, -0.2) is 0 Å². The maximum atomic E-state index is 12.2. The fourth-order valence-electron chi connectivity index (χ4n) is 1.88. The Morgan fingerprint density at radius 1 is 1.48 bits per heavy atom. The molecule has 1 aromatic heterocycles. The van der Waals surface area contributed by atoms with Gasteiger partial charge in [-0.15, -0.1) is 12.4 Å². The lowest BCUT2D eigenvalue weighted by Gasteiger charge is -2.11. The highest BCUT2D eigenvalue weighted by Crippen LogP contribution is 2.23. The maximum absolute atomic E-state index is 12.2. The van der Waals surface area contributed by atoms with Crippen LogP contribution in [0.25, 0.3) is 10.9 Å². The Balaban J connectivity index is 0.00000220. The number of benzene rings is 1. The number of carbonyl (C=O) groups excluding carboxylic acids is 1. The largest absolute Gasteiger partial charge is 0.352 e. The third-order valence-corrected chi connectivity index (χ3v) is 3.75. The summed E-state index contributed by atoms with van der Waals surface area (Å²) in [5, 5.41) is 3.51. The van der Waals surface area contributed by atoms with Crippen molar-refractivity contribution in [3.8, 4) is 0 Å². The van der Waals surface area contributed by atoms with Gasteiger partial charge in [0, 0.05) is 22.5 Å². The monoisotopic (exact) mass is 373 g/mol. The number of halogens is 2. The van der Waals surface area contributed by atoms with Gasteiger partial charge >= 0.3 is 0 Å². The summed E-state index contributed by atoms with van der Waals surface area (Å²) in [6, 6.07) is 6.76. The number of H-pyrrole nitrogens is 1. The van der Waals surface area contributed by atoms with Crippen LogP contribution in [0, 0.1) is 5.92 Å². The molecule has 1 atom stereocenters. The zero-order chi connectivity index (χ0) is 14.7. The first-order chi connectivity index (χ1) is 9.52. The van der Waals surface area contributed by atoms with Gasteiger partial charge in [0.2, 0.25) is 5.56 Å². The van der Waals surface area contributed by atoms with Crippen LogP contribution in [-0.4, -0.2) is 24.0 Å². The van der Waals surface area contributed by atoms with Crippen LogP contribution in [0.2, 0.25) is 0 Å². The number of aromatic amines is 1. The van der Waals surface area contributed by atoms with E-state index in [1.807, 2.05) is 19.1 Å². The number of pyridine rings is 1. The molecule has 21 heavy (non-hydrogen) atoms. The fraction of sp³-hybridized carbons (Fsp3) is 0.286. The Kier molecular flexibility index (Phi) is 6.39. The van der Waals surface area contributed by atoms with Gasteiger partial charge in [-0.1, -0.05) is 19.1 Å². The van der Waals surface area contributed by atoms with E-state index in [0.29, 0.717) is 29.6 Å². The Morgan fingerprint density at radius 3 is 2.86 bits per heavy atom. The van der Waals surface area contributed by atoms with E-state index in [2.05, 4.69) is 26.2 Å². The summed E-state index contributed by atoms with van der Waals surface area (Å²) in [6.07, 6.45) is 0. The topological polar surface area (TPSA) is 88.0 Å². The first-order valence-corrected chi connectivity index (χ1v) is 7.12. The molecule has 2 aromatic rings. The quantitative estimate of drug-likeness (QED) is 0.765. The van der Waals surface area contributed by atoms with E-state index < -0.39 is 0 Å². The Hall–Kier alpha value is -1.37. The van der Waals surface area contributed by atoms with Crippen LogP contribution in [-0.2, 0) is 0 Å². The van der Waals surface area contributed by atoms with E-state index in [0.717, 1.165) is 4.47 Å². The second-order valence-corrected chi connectivity index (χ2v) is 5.61. The molecule has 0 aliphatic rings. The highest BCUT2D eigenvalue weighted by atomic mass is 79.9. The minimum absolute atomic E-state index is 0. The molecule has 0 bridgehead atoms. The summed E-state index contributed by atoms with van der Waals surface area (Å²) in [5.41, 5.74) is 6.21. The average Bonchev–Trinajstić information content (AvgIpc) is 2.44. The number of nitrogens with two attached hydrogens (primary N) is 1. The van der Waals surface area contributed by atoms with Gasteiger partial charge in [-0.05, 0) is 34.5 Å². The lowest BCUT2D eigenvalue weighted by atomic mass is 10.1. The van der Waals surface area contributed by atoms with Gasteiger partial charge in [-0.3, -0.25) is 9.59 Å². The zero-order valence-corrected chi connectivity index (χ0v) is 13.9. The van der Waals surface area contributed by atoms with Crippen LogP contribution in [0.1, 0.15) is 17.3 Å². The van der Waals surface area contributed by atoms with E-state index in [4.69, 9.17) is 5.73 Å². The lowest BCUT2D eigenvalue weighted by molar-refractivity contribution is 0.0950. The predicted molar refractivity (Wildman–Crippen MR) is 90.1 cm³/mol. The van der Waals surface area contributed by atoms with Crippen LogP contribution in [0.3, 0.4) is 0 Å². The van der Waals surface area contributed by atoms with Crippen LogP contribution < -0.4 is 16.6 Å². The van der Waals surface area contributed by atoms with Gasteiger partial charge in [0.05, 0.1) is 11.1 Å². The molecule has 5 nitrogen and oxygen atoms in total. The van der Waals surface area contributed by atoms with Gasteiger partial charge in [0.1, 0.15) is 0 Å². The Labute approximate surface area is 136 Å². The standard InChI is InChI=1S/C14H16BrN3O2.ClH/c1-8(6-16)7-17-14(20)10-5-12(19)18-13-9(10)3-2-4-11(13)15;/h2-5,8H,6-7,16H2,1H3,(H,17,20)(H,18,19);1H. The zero-order valence-electron chi connectivity index (χ0n) is 11.5. The van der Waals surface area contributed by atoms with E-state index in [-0.39, 0.29) is 29.8 Å². The summed E-state index contributed by atoms with van der Waals surface area (Å²) < 4.78 is 0.747. The fourth-order valence-corrected chi connectivity index (χ4v) is 2.34. The molecule has 2 rings (SSSR count). The van der Waals surface area contributed by atoms with E-state index >= 15 is 0 Å². The molecule has 114 valence electrons. The molecule has 0 radical (unpaired) electrons. The molecule has 1 aromatic carbocycles. The van der Waals surface area contributed by atoms with Crippen molar-refractivity contribution in [2.45, 2.75) is 6.92 Å². The summed E-state index contributed by atoms with van der Waals surface area (Å²) >= 11 is 3.37. The molecule has 1 heterocycles. The molecular formula is C14H17BrClN3O2. The lowest BCUT2D eigenvalue weighted by Crippen LogP contribution is -2.32. The second-order valence-electron chi connectivity index (χ2n) is 4.76. The van der Waals surface area contributed by atoms with Crippen molar-refractivity contribution in [1.29, 1.82) is 0 Å². The van der Waals surface area contributed by atoms with E-state index in [9.17, 15) is 9.59 Å². The van der Waals surface area contributed by atoms with Crippen molar-refractivity contribution in [2.24, 2.45) is 11.7 Å². The van der Waals surface area contributed by atoms with Crippen molar-refractivity contribution in [2.75, 3.05) is 13.1 Å². The minimum Gasteiger partial charge on any atom is -0.352 e. The van der Waals surface area contributed by atoms with Gasteiger partial charge in [0.25, 0.3) is 5.91 Å². The summed E-state index contributed by atoms with van der Waals surface area (Å²) in [6.45, 7) is 2.94. The van der Waals surface area contributed by atoms with Gasteiger partial charge < -0.3 is 16.0 Å². The first kappa shape index (κ1) is 17.7. The SMILES string of the molecule is CC(CN)CNC(=O)c1cc(=O)[nH]c2c(Br)cccc12.Cl. The van der Waals surface area contributed by atoms with Gasteiger partial charge in [0.15, 0.2) is 0 Å². The second kappa shape index (κ2) is 7.59. The number of aromatic nitrogens is 1. The van der Waals surface area contributed by atoms with Crippen LogP contribution >= 0.6 is 28.3 Å². The highest BCUT2D eigenvalue weighted by Gasteiger charge is 2.13. The highest BCUT2D eigenvalue weighted by molar-refractivity contribution is 9.10. The molecular weight excluding hydrogens is 358 g/mol. The van der Waals surface area contributed by atoms with Crippen molar-refractivity contribution in [3.05, 3.63) is 44.7 Å². The molecule has 1 amide bonds. The van der Waals surface area contributed by atoms with Crippen molar-refractivity contribution in [3.63, 3.8) is 0 Å². The Morgan fingerprint density at radius 2 is 2.19 bits per heavy atom. The first-order valence-electron chi connectivity index (χ1n) is 6.32. The molecule has 0 aliphatic carbocycles. The molecule has 0 spiro atoms. The average molecular weight is 375 g/mol. The number of hydrogen-bond donors (Lipinski definition) is 3. The minimum atomic E-state index is -0.304. The normalized spacial score (nSPS) is 11.8. The number of hydrogen-bond acceptors (Lipinski definition) is 3. The summed E-state index contributed by atoms with van der Waals surface area (Å²) in [7, 11) is 0. The number of rotatable bonds is 4. The van der Waals surface area contributed by atoms with Gasteiger partial charge in [-0.2, -0.15) is 0 Å².